The van der Waals surface area contributed by atoms with Crippen molar-refractivity contribution in [2.75, 3.05) is 45.9 Å². The molecule has 2 N–H and O–H groups in total. The third-order valence-electron chi connectivity index (χ3n) is 5.59. The van der Waals surface area contributed by atoms with Crippen LogP contribution in [0.15, 0.2) is 30.3 Å². The van der Waals surface area contributed by atoms with Gasteiger partial charge < -0.3 is 20.1 Å². The van der Waals surface area contributed by atoms with Crippen LogP contribution in [-0.2, 0) is 10.2 Å². The number of aliphatic hydroxyl groups is 1. The van der Waals surface area contributed by atoms with E-state index >= 15 is 0 Å². The van der Waals surface area contributed by atoms with Crippen LogP contribution in [0.4, 0.5) is 0 Å². The molecule has 2 heterocycles. The maximum absolute atomic E-state index is 10.8. The molecule has 1 unspecified atom stereocenters. The average Bonchev–Trinajstić information content (AvgIpc) is 2.77. The van der Waals surface area contributed by atoms with E-state index in [2.05, 4.69) is 46.6 Å². The average molecular weight is 314 g/mol. The van der Waals surface area contributed by atoms with Gasteiger partial charge in [0.2, 0.25) is 0 Å². The Morgan fingerprint density at radius 1 is 1.22 bits per heavy atom. The van der Waals surface area contributed by atoms with Crippen LogP contribution < -0.4 is 5.32 Å². The van der Waals surface area contributed by atoms with Crippen molar-refractivity contribution >= 4 is 6.08 Å². The van der Waals surface area contributed by atoms with E-state index in [1.54, 1.807) is 0 Å². The van der Waals surface area contributed by atoms with E-state index in [0.29, 0.717) is 26.3 Å². The molecule has 0 radical (unpaired) electrons. The van der Waals surface area contributed by atoms with Gasteiger partial charge >= 0.3 is 0 Å². The first-order chi connectivity index (χ1) is 11.2. The van der Waals surface area contributed by atoms with E-state index in [1.165, 1.54) is 11.1 Å². The summed E-state index contributed by atoms with van der Waals surface area (Å²) >= 11 is 0. The molecule has 2 fully saturated rings. The van der Waals surface area contributed by atoms with Gasteiger partial charge in [-0.3, -0.25) is 0 Å². The van der Waals surface area contributed by atoms with Crippen molar-refractivity contribution in [1.82, 2.24) is 10.2 Å². The molecule has 1 aliphatic carbocycles. The molecule has 1 atom stereocenters. The van der Waals surface area contributed by atoms with Crippen LogP contribution in [0.3, 0.4) is 0 Å². The van der Waals surface area contributed by atoms with Crippen molar-refractivity contribution in [2.24, 2.45) is 0 Å². The lowest BCUT2D eigenvalue weighted by Crippen LogP contribution is -2.54. The van der Waals surface area contributed by atoms with Gasteiger partial charge in [-0.15, -0.1) is 0 Å². The SMILES string of the molecule is OC1(CN2CCC3(C=Cc4ccccc43)CC2)CNCCOC1. The minimum Gasteiger partial charge on any atom is -0.385 e. The summed E-state index contributed by atoms with van der Waals surface area (Å²) in [6.07, 6.45) is 6.94. The second-order valence-corrected chi connectivity index (χ2v) is 7.31. The molecule has 2 aliphatic heterocycles. The molecular formula is C19H26N2O2. The number of rotatable bonds is 2. The predicted molar refractivity (Wildman–Crippen MR) is 91.5 cm³/mol. The number of allylic oxidation sites excluding steroid dienone is 1. The lowest BCUT2D eigenvalue weighted by molar-refractivity contribution is -0.0533. The summed E-state index contributed by atoms with van der Waals surface area (Å²) in [5.74, 6) is 0. The first-order valence-corrected chi connectivity index (χ1v) is 8.71. The Kier molecular flexibility index (Phi) is 4.01. The first-order valence-electron chi connectivity index (χ1n) is 8.71. The zero-order valence-corrected chi connectivity index (χ0v) is 13.6. The largest absolute Gasteiger partial charge is 0.385 e. The molecule has 0 saturated carbocycles. The quantitative estimate of drug-likeness (QED) is 0.866. The molecule has 0 bridgehead atoms. The summed E-state index contributed by atoms with van der Waals surface area (Å²) in [6.45, 7) is 5.32. The van der Waals surface area contributed by atoms with Crippen LogP contribution in [0.5, 0.6) is 0 Å². The highest BCUT2D eigenvalue weighted by molar-refractivity contribution is 5.65. The fourth-order valence-electron chi connectivity index (χ4n) is 4.28. The van der Waals surface area contributed by atoms with Gasteiger partial charge in [0.25, 0.3) is 0 Å². The van der Waals surface area contributed by atoms with Crippen LogP contribution in [-0.4, -0.2) is 61.5 Å². The Balaban J connectivity index is 1.41. The van der Waals surface area contributed by atoms with Gasteiger partial charge in [-0.25, -0.2) is 0 Å². The number of hydrogen-bond acceptors (Lipinski definition) is 4. The number of nitrogens with zero attached hydrogens (tertiary/aromatic N) is 1. The van der Waals surface area contributed by atoms with E-state index in [0.717, 1.165) is 32.5 Å². The zero-order valence-electron chi connectivity index (χ0n) is 13.6. The Hall–Kier alpha value is -1.20. The van der Waals surface area contributed by atoms with E-state index in [-0.39, 0.29) is 5.41 Å². The van der Waals surface area contributed by atoms with Crippen LogP contribution >= 0.6 is 0 Å². The Labute approximate surface area is 138 Å². The fraction of sp³-hybridized carbons (Fsp3) is 0.579. The summed E-state index contributed by atoms with van der Waals surface area (Å²) < 4.78 is 5.54. The monoisotopic (exact) mass is 314 g/mol. The van der Waals surface area contributed by atoms with Crippen molar-refractivity contribution in [3.8, 4) is 0 Å². The van der Waals surface area contributed by atoms with Crippen LogP contribution in [0.25, 0.3) is 6.08 Å². The van der Waals surface area contributed by atoms with E-state index in [1.807, 2.05) is 0 Å². The molecular weight excluding hydrogens is 288 g/mol. The molecule has 4 rings (SSSR count). The van der Waals surface area contributed by atoms with Crippen LogP contribution in [0.1, 0.15) is 24.0 Å². The maximum atomic E-state index is 10.8. The highest BCUT2D eigenvalue weighted by Gasteiger charge is 2.40. The zero-order chi connectivity index (χ0) is 15.8. The molecule has 0 amide bonds. The van der Waals surface area contributed by atoms with Gasteiger partial charge in [-0.1, -0.05) is 36.4 Å². The summed E-state index contributed by atoms with van der Waals surface area (Å²) in [5.41, 5.74) is 2.32. The Morgan fingerprint density at radius 3 is 2.91 bits per heavy atom. The molecule has 3 aliphatic rings. The second-order valence-electron chi connectivity index (χ2n) is 7.31. The minimum atomic E-state index is -0.759. The minimum absolute atomic E-state index is 0.216. The van der Waals surface area contributed by atoms with Crippen molar-refractivity contribution < 1.29 is 9.84 Å². The molecule has 0 aromatic heterocycles. The second kappa shape index (κ2) is 6.02. The van der Waals surface area contributed by atoms with Crippen molar-refractivity contribution in [1.29, 1.82) is 0 Å². The van der Waals surface area contributed by atoms with Crippen molar-refractivity contribution in [2.45, 2.75) is 23.9 Å². The van der Waals surface area contributed by atoms with Gasteiger partial charge in [-0.2, -0.15) is 0 Å². The van der Waals surface area contributed by atoms with Gasteiger partial charge in [0.15, 0.2) is 0 Å². The van der Waals surface area contributed by atoms with Gasteiger partial charge in [0, 0.05) is 25.0 Å². The smallest absolute Gasteiger partial charge is 0.113 e. The molecule has 4 heteroatoms. The summed E-state index contributed by atoms with van der Waals surface area (Å²) in [4.78, 5) is 2.40. The van der Waals surface area contributed by atoms with Crippen molar-refractivity contribution in [3.63, 3.8) is 0 Å². The van der Waals surface area contributed by atoms with Crippen LogP contribution in [0, 0.1) is 0 Å². The molecule has 124 valence electrons. The standard InChI is InChI=1S/C19H26N2O2/c22-19(13-20-9-12-23-15-19)14-21-10-7-18(8-11-21)6-5-16-3-1-2-4-17(16)18/h1-6,20,22H,7-15H2. The number of likely N-dealkylation sites (tertiary alicyclic amines) is 1. The number of hydrogen-bond donors (Lipinski definition) is 2. The number of nitrogens with one attached hydrogen (secondary N) is 1. The summed E-state index contributed by atoms with van der Waals surface area (Å²) in [7, 11) is 0. The summed E-state index contributed by atoms with van der Waals surface area (Å²) in [5, 5.41) is 14.1. The predicted octanol–water partition coefficient (Wildman–Crippen LogP) is 1.40. The van der Waals surface area contributed by atoms with E-state index in [9.17, 15) is 5.11 Å². The van der Waals surface area contributed by atoms with Crippen molar-refractivity contribution in [3.05, 3.63) is 41.5 Å². The molecule has 1 aromatic carbocycles. The maximum Gasteiger partial charge on any atom is 0.113 e. The normalized spacial score (nSPS) is 30.3. The van der Waals surface area contributed by atoms with Crippen LogP contribution in [0.2, 0.25) is 0 Å². The Morgan fingerprint density at radius 2 is 2.04 bits per heavy atom. The lowest BCUT2D eigenvalue weighted by atomic mass is 9.74. The number of piperidine rings is 1. The number of β-amino-alcohol motifs (C(OH)–C–C–N with tert-alkyl or cyclic N) is 1. The van der Waals surface area contributed by atoms with E-state index < -0.39 is 5.60 Å². The lowest BCUT2D eigenvalue weighted by Gasteiger charge is -2.42. The first kappa shape index (κ1) is 15.3. The highest BCUT2D eigenvalue weighted by Crippen LogP contribution is 2.43. The van der Waals surface area contributed by atoms with E-state index in [4.69, 9.17) is 4.74 Å². The Bertz CT molecular complexity index is 583. The number of fused-ring (bicyclic) bond motifs is 2. The third-order valence-corrected chi connectivity index (χ3v) is 5.59. The summed E-state index contributed by atoms with van der Waals surface area (Å²) in [6, 6.07) is 8.76. The fourth-order valence-corrected chi connectivity index (χ4v) is 4.28. The molecule has 1 aromatic rings. The molecule has 1 spiro atoms. The molecule has 23 heavy (non-hydrogen) atoms. The van der Waals surface area contributed by atoms with Gasteiger partial charge in [0.05, 0.1) is 13.2 Å². The third kappa shape index (κ3) is 2.96. The topological polar surface area (TPSA) is 44.7 Å². The number of benzene rings is 1. The number of ether oxygens (including phenoxy) is 1. The molecule has 4 nitrogen and oxygen atoms in total. The van der Waals surface area contributed by atoms with Gasteiger partial charge in [-0.05, 0) is 37.1 Å². The van der Waals surface area contributed by atoms with Gasteiger partial charge in [0.1, 0.15) is 5.60 Å². The molecule has 2 saturated heterocycles. The highest BCUT2D eigenvalue weighted by atomic mass is 16.5.